The lowest BCUT2D eigenvalue weighted by Crippen LogP contribution is -2.41. The normalized spacial score (nSPS) is 17.9. The van der Waals surface area contributed by atoms with E-state index in [1.54, 1.807) is 24.7 Å². The number of likely N-dealkylation sites (tertiary alicyclic amines) is 1. The zero-order valence-corrected chi connectivity index (χ0v) is 22.9. The number of piperidine rings is 1. The van der Waals surface area contributed by atoms with Crippen LogP contribution in [0.3, 0.4) is 0 Å². The van der Waals surface area contributed by atoms with Gasteiger partial charge in [-0.2, -0.15) is 5.26 Å². The number of carbonyl (C=O) groups is 1. The summed E-state index contributed by atoms with van der Waals surface area (Å²) < 4.78 is 47.2. The van der Waals surface area contributed by atoms with Crippen LogP contribution in [-0.2, 0) is 30.0 Å². The lowest BCUT2D eigenvalue weighted by atomic mass is 9.86. The molecule has 210 valence electrons. The molecule has 2 N–H and O–H groups in total. The van der Waals surface area contributed by atoms with Crippen LogP contribution in [0.5, 0.6) is 0 Å². The Morgan fingerprint density at radius 2 is 2.02 bits per heavy atom. The Labute approximate surface area is 232 Å². The number of rotatable bonds is 7. The molecule has 1 atom stereocenters. The maximum Gasteiger partial charge on any atom is 0.407 e. The number of sulfonamides is 1. The molecule has 3 heterocycles. The van der Waals surface area contributed by atoms with Gasteiger partial charge in [0, 0.05) is 56.6 Å². The van der Waals surface area contributed by atoms with Crippen LogP contribution < -0.4 is 9.62 Å². The number of anilines is 1. The Bertz CT molecular complexity index is 1560. The standard InChI is InChI=1S/C28H31FN6O4S/c1-33-18-31-15-23(33)17-35-16-22(12-21-11-20(13-30)5-6-25(21)35)27-24(29)3-2-4-26(27)40(38,39)32-14-19-7-9-34(10-8-19)28(36)37/h2-6,11,15,18-19,22,32H,7-10,12,14,16-17H2,1H3,(H,36,37). The summed E-state index contributed by atoms with van der Waals surface area (Å²) in [4.78, 5) is 18.7. The molecule has 40 heavy (non-hydrogen) atoms. The van der Waals surface area contributed by atoms with Crippen molar-refractivity contribution in [2.45, 2.75) is 36.6 Å². The Hall–Kier alpha value is -3.95. The topological polar surface area (TPSA) is 132 Å². The number of hydrogen-bond donors (Lipinski definition) is 2. The van der Waals surface area contributed by atoms with Crippen LogP contribution in [0.25, 0.3) is 0 Å². The summed E-state index contributed by atoms with van der Waals surface area (Å²) in [6, 6.07) is 11.7. The fourth-order valence-corrected chi connectivity index (χ4v) is 7.10. The molecule has 12 heteroatoms. The second-order valence-electron chi connectivity index (χ2n) is 10.4. The van der Waals surface area contributed by atoms with E-state index in [2.05, 4.69) is 20.7 Å². The first-order chi connectivity index (χ1) is 19.2. The molecule has 0 radical (unpaired) electrons. The summed E-state index contributed by atoms with van der Waals surface area (Å²) >= 11 is 0. The lowest BCUT2D eigenvalue weighted by molar-refractivity contribution is 0.125. The molecule has 2 aliphatic heterocycles. The second kappa shape index (κ2) is 11.3. The average molecular weight is 567 g/mol. The van der Waals surface area contributed by atoms with Gasteiger partial charge in [-0.3, -0.25) is 0 Å². The number of nitrogens with zero attached hydrogens (tertiary/aromatic N) is 5. The number of carboxylic acid groups (broad SMARTS) is 1. The Kier molecular flexibility index (Phi) is 7.78. The van der Waals surface area contributed by atoms with Crippen LogP contribution in [0.4, 0.5) is 14.9 Å². The highest BCUT2D eigenvalue weighted by molar-refractivity contribution is 7.89. The van der Waals surface area contributed by atoms with E-state index in [0.29, 0.717) is 51.0 Å². The van der Waals surface area contributed by atoms with E-state index in [1.165, 1.54) is 23.1 Å². The van der Waals surface area contributed by atoms with Crippen molar-refractivity contribution in [2.75, 3.05) is 31.1 Å². The van der Waals surface area contributed by atoms with E-state index in [-0.39, 0.29) is 22.9 Å². The van der Waals surface area contributed by atoms with Crippen LogP contribution in [0.15, 0.2) is 53.8 Å². The fourth-order valence-electron chi connectivity index (χ4n) is 5.68. The van der Waals surface area contributed by atoms with Crippen molar-refractivity contribution < 1.29 is 22.7 Å². The van der Waals surface area contributed by atoms with Crippen molar-refractivity contribution >= 4 is 21.8 Å². The first-order valence-electron chi connectivity index (χ1n) is 13.2. The predicted octanol–water partition coefficient (Wildman–Crippen LogP) is 3.45. The number of benzene rings is 2. The van der Waals surface area contributed by atoms with Gasteiger partial charge in [0.05, 0.1) is 35.1 Å². The number of nitriles is 1. The van der Waals surface area contributed by atoms with Gasteiger partial charge in [-0.05, 0) is 61.1 Å². The number of amides is 1. The molecule has 2 aromatic carbocycles. The van der Waals surface area contributed by atoms with E-state index in [9.17, 15) is 18.5 Å². The van der Waals surface area contributed by atoms with Crippen molar-refractivity contribution in [3.63, 3.8) is 0 Å². The third kappa shape index (κ3) is 5.66. The predicted molar refractivity (Wildman–Crippen MR) is 146 cm³/mol. The molecular weight excluding hydrogens is 535 g/mol. The van der Waals surface area contributed by atoms with Gasteiger partial charge in [0.25, 0.3) is 0 Å². The van der Waals surface area contributed by atoms with Gasteiger partial charge >= 0.3 is 6.09 Å². The first kappa shape index (κ1) is 27.6. The zero-order chi connectivity index (χ0) is 28.4. The monoisotopic (exact) mass is 566 g/mol. The number of halogens is 1. The molecule has 0 spiro atoms. The summed E-state index contributed by atoms with van der Waals surface area (Å²) in [7, 11) is -2.17. The number of fused-ring (bicyclic) bond motifs is 1. The van der Waals surface area contributed by atoms with Crippen LogP contribution >= 0.6 is 0 Å². The van der Waals surface area contributed by atoms with Crippen LogP contribution in [0, 0.1) is 23.1 Å². The Morgan fingerprint density at radius 3 is 2.70 bits per heavy atom. The zero-order valence-electron chi connectivity index (χ0n) is 22.1. The molecular formula is C28H31FN6O4S. The Balaban J connectivity index is 1.43. The van der Waals surface area contributed by atoms with Gasteiger partial charge in [0.15, 0.2) is 0 Å². The molecule has 0 aliphatic carbocycles. The highest BCUT2D eigenvalue weighted by atomic mass is 32.2. The van der Waals surface area contributed by atoms with Gasteiger partial charge < -0.3 is 19.5 Å². The Morgan fingerprint density at radius 1 is 1.25 bits per heavy atom. The summed E-state index contributed by atoms with van der Waals surface area (Å²) in [6.45, 7) is 1.71. The molecule has 5 rings (SSSR count). The average Bonchev–Trinajstić information content (AvgIpc) is 3.35. The third-order valence-corrected chi connectivity index (χ3v) is 9.37. The van der Waals surface area contributed by atoms with E-state index in [4.69, 9.17) is 5.11 Å². The van der Waals surface area contributed by atoms with Gasteiger partial charge in [-0.15, -0.1) is 0 Å². The van der Waals surface area contributed by atoms with Crippen molar-refractivity contribution in [2.24, 2.45) is 13.0 Å². The molecule has 2 aliphatic rings. The minimum absolute atomic E-state index is 0.0114. The summed E-state index contributed by atoms with van der Waals surface area (Å²) in [6.07, 6.45) is 3.97. The maximum absolute atomic E-state index is 15.5. The molecule has 0 saturated carbocycles. The molecule has 3 aromatic rings. The third-order valence-electron chi connectivity index (χ3n) is 7.88. The molecule has 1 aromatic heterocycles. The molecule has 1 saturated heterocycles. The lowest BCUT2D eigenvalue weighted by Gasteiger charge is -2.37. The van der Waals surface area contributed by atoms with Crippen LogP contribution in [0.1, 0.15) is 41.1 Å². The van der Waals surface area contributed by atoms with Gasteiger partial charge in [0.1, 0.15) is 5.82 Å². The minimum atomic E-state index is -4.06. The number of nitrogens with one attached hydrogen (secondary N) is 1. The van der Waals surface area contributed by atoms with Gasteiger partial charge in [-0.25, -0.2) is 27.3 Å². The highest BCUT2D eigenvalue weighted by Crippen LogP contribution is 2.39. The van der Waals surface area contributed by atoms with Crippen LogP contribution in [0.2, 0.25) is 0 Å². The minimum Gasteiger partial charge on any atom is -0.465 e. The molecule has 1 amide bonds. The van der Waals surface area contributed by atoms with Crippen molar-refractivity contribution in [3.05, 3.63) is 77.1 Å². The van der Waals surface area contributed by atoms with Gasteiger partial charge in [0.2, 0.25) is 10.0 Å². The smallest absolute Gasteiger partial charge is 0.407 e. The van der Waals surface area contributed by atoms with Crippen LogP contribution in [-0.4, -0.2) is 60.2 Å². The van der Waals surface area contributed by atoms with E-state index < -0.39 is 27.9 Å². The number of aromatic nitrogens is 2. The van der Waals surface area contributed by atoms with E-state index >= 15 is 4.39 Å². The number of hydrogen-bond acceptors (Lipinski definition) is 6. The van der Waals surface area contributed by atoms with E-state index in [0.717, 1.165) is 16.9 Å². The quantitative estimate of drug-likeness (QED) is 0.448. The number of imidazole rings is 1. The fraction of sp³-hybridized carbons (Fsp3) is 0.393. The van der Waals surface area contributed by atoms with Gasteiger partial charge in [-0.1, -0.05) is 6.07 Å². The molecule has 0 bridgehead atoms. The van der Waals surface area contributed by atoms with Crippen molar-refractivity contribution in [3.8, 4) is 6.07 Å². The van der Waals surface area contributed by atoms with Crippen molar-refractivity contribution in [1.29, 1.82) is 5.26 Å². The summed E-state index contributed by atoms with van der Waals surface area (Å²) in [5, 5.41) is 18.6. The van der Waals surface area contributed by atoms with E-state index in [1.807, 2.05) is 17.7 Å². The molecule has 10 nitrogen and oxygen atoms in total. The second-order valence-corrected chi connectivity index (χ2v) is 12.2. The largest absolute Gasteiger partial charge is 0.465 e. The molecule has 1 unspecified atom stereocenters. The SMILES string of the molecule is Cn1cncc1CN1CC(c2c(F)cccc2S(=O)(=O)NCC2CCN(C(=O)O)CC2)Cc2cc(C#N)ccc21. The first-order valence-corrected chi connectivity index (χ1v) is 14.6. The molecule has 1 fully saturated rings. The summed E-state index contributed by atoms with van der Waals surface area (Å²) in [5.41, 5.74) is 3.31. The summed E-state index contributed by atoms with van der Waals surface area (Å²) in [5.74, 6) is -1.09. The number of aryl methyl sites for hydroxylation is 1. The van der Waals surface area contributed by atoms with Crippen molar-refractivity contribution in [1.82, 2.24) is 19.2 Å². The highest BCUT2D eigenvalue weighted by Gasteiger charge is 2.33. The maximum atomic E-state index is 15.5.